The van der Waals surface area contributed by atoms with Crippen LogP contribution in [0.5, 0.6) is 0 Å². The van der Waals surface area contributed by atoms with E-state index in [0.717, 1.165) is 44.5 Å². The molecule has 10 rings (SSSR count). The van der Waals surface area contributed by atoms with Crippen LogP contribution in [0, 0.1) is 0 Å². The van der Waals surface area contributed by atoms with Crippen molar-refractivity contribution < 1.29 is 0 Å². The third-order valence-corrected chi connectivity index (χ3v) is 10.8. The fourth-order valence-corrected chi connectivity index (χ4v) is 8.39. The number of nitrogens with zero attached hydrogens (tertiary/aromatic N) is 2. The van der Waals surface area contributed by atoms with Crippen molar-refractivity contribution in [1.82, 2.24) is 9.97 Å². The van der Waals surface area contributed by atoms with E-state index in [2.05, 4.69) is 187 Å². The second kappa shape index (κ2) is 12.7. The average Bonchev–Trinajstić information content (AvgIpc) is 3.55. The number of pyridine rings is 2. The number of benzene rings is 7. The topological polar surface area (TPSA) is 25.8 Å². The van der Waals surface area contributed by atoms with Gasteiger partial charge in [0.2, 0.25) is 0 Å². The van der Waals surface area contributed by atoms with Gasteiger partial charge in [-0.2, -0.15) is 0 Å². The van der Waals surface area contributed by atoms with Gasteiger partial charge in [-0.25, -0.2) is 4.98 Å². The van der Waals surface area contributed by atoms with E-state index in [-0.39, 0.29) is 0 Å². The van der Waals surface area contributed by atoms with Gasteiger partial charge in [0, 0.05) is 11.6 Å². The maximum atomic E-state index is 5.13. The van der Waals surface area contributed by atoms with E-state index in [1.165, 1.54) is 44.5 Å². The van der Waals surface area contributed by atoms with Crippen molar-refractivity contribution in [2.75, 3.05) is 0 Å². The highest BCUT2D eigenvalue weighted by Crippen LogP contribution is 2.56. The van der Waals surface area contributed by atoms with Crippen LogP contribution >= 0.6 is 0 Å². The van der Waals surface area contributed by atoms with Crippen LogP contribution in [0.2, 0.25) is 0 Å². The lowest BCUT2D eigenvalue weighted by molar-refractivity contribution is 0.769. The van der Waals surface area contributed by atoms with Crippen LogP contribution < -0.4 is 0 Å². The van der Waals surface area contributed by atoms with Gasteiger partial charge in [-0.1, -0.05) is 170 Å². The molecule has 0 saturated heterocycles. The molecule has 0 N–H and O–H groups in total. The number of hydrogen-bond donors (Lipinski definition) is 0. The van der Waals surface area contributed by atoms with Gasteiger partial charge in [-0.3, -0.25) is 4.98 Å². The maximum absolute atomic E-state index is 5.13. The van der Waals surface area contributed by atoms with Crippen LogP contribution in [0.15, 0.2) is 206 Å². The summed E-state index contributed by atoms with van der Waals surface area (Å²) in [6.07, 6.45) is 1.82. The van der Waals surface area contributed by atoms with Gasteiger partial charge in [0.25, 0.3) is 0 Å². The van der Waals surface area contributed by atoms with Gasteiger partial charge in [-0.05, 0) is 97.1 Å². The molecule has 0 fully saturated rings. The lowest BCUT2D eigenvalue weighted by atomic mass is 9.67. The van der Waals surface area contributed by atoms with Crippen LogP contribution in [0.1, 0.15) is 22.3 Å². The van der Waals surface area contributed by atoms with E-state index >= 15 is 0 Å². The van der Waals surface area contributed by atoms with Gasteiger partial charge in [-0.15, -0.1) is 0 Å². The molecular weight excluding hydrogens is 641 g/mol. The van der Waals surface area contributed by atoms with Gasteiger partial charge in [0.05, 0.1) is 22.3 Å². The van der Waals surface area contributed by atoms with E-state index in [1.807, 2.05) is 24.4 Å². The molecule has 2 nitrogen and oxygen atoms in total. The highest BCUT2D eigenvalue weighted by atomic mass is 14.8. The molecule has 0 radical (unpaired) electrons. The van der Waals surface area contributed by atoms with Crippen molar-refractivity contribution in [1.29, 1.82) is 0 Å². The third kappa shape index (κ3) is 5.11. The molecule has 0 atom stereocenters. The molecule has 0 spiro atoms. The Morgan fingerprint density at radius 2 is 0.906 bits per heavy atom. The van der Waals surface area contributed by atoms with E-state index < -0.39 is 5.41 Å². The first kappa shape index (κ1) is 30.9. The Bertz CT molecular complexity index is 2700. The largest absolute Gasteiger partial charge is 0.255 e. The first-order valence-electron chi connectivity index (χ1n) is 18.2. The van der Waals surface area contributed by atoms with Crippen molar-refractivity contribution in [3.8, 4) is 55.9 Å². The molecule has 1 aliphatic carbocycles. The minimum absolute atomic E-state index is 0.421. The van der Waals surface area contributed by atoms with Crippen molar-refractivity contribution in [2.45, 2.75) is 5.41 Å². The molecule has 53 heavy (non-hydrogen) atoms. The summed E-state index contributed by atoms with van der Waals surface area (Å²) in [6, 6.07) is 72.2. The van der Waals surface area contributed by atoms with Crippen LogP contribution in [0.4, 0.5) is 0 Å². The summed E-state index contributed by atoms with van der Waals surface area (Å²) in [4.78, 5) is 9.76. The molecule has 9 aromatic rings. The quantitative estimate of drug-likeness (QED) is 0.175. The van der Waals surface area contributed by atoms with Crippen molar-refractivity contribution in [3.63, 3.8) is 0 Å². The Balaban J connectivity index is 1.07. The van der Waals surface area contributed by atoms with Gasteiger partial charge < -0.3 is 0 Å². The molecule has 2 heterocycles. The predicted octanol–water partition coefficient (Wildman–Crippen LogP) is 12.7. The molecule has 2 heteroatoms. The van der Waals surface area contributed by atoms with Gasteiger partial charge in [0.1, 0.15) is 0 Å². The Morgan fingerprint density at radius 3 is 1.58 bits per heavy atom. The number of hydrogen-bond acceptors (Lipinski definition) is 2. The molecule has 7 aromatic carbocycles. The molecule has 248 valence electrons. The second-order valence-electron chi connectivity index (χ2n) is 13.7. The predicted molar refractivity (Wildman–Crippen MR) is 219 cm³/mol. The highest BCUT2D eigenvalue weighted by Gasteiger charge is 2.46. The second-order valence-corrected chi connectivity index (χ2v) is 13.7. The number of aromatic nitrogens is 2. The highest BCUT2D eigenvalue weighted by molar-refractivity contribution is 5.98. The van der Waals surface area contributed by atoms with Crippen molar-refractivity contribution in [3.05, 3.63) is 229 Å². The minimum atomic E-state index is -0.421. The Hall–Kier alpha value is -6.90. The van der Waals surface area contributed by atoms with E-state index in [0.29, 0.717) is 0 Å². The zero-order valence-electron chi connectivity index (χ0n) is 29.0. The monoisotopic (exact) mass is 674 g/mol. The summed E-state index contributed by atoms with van der Waals surface area (Å²) in [6.45, 7) is 0. The Kier molecular flexibility index (Phi) is 7.40. The summed E-state index contributed by atoms with van der Waals surface area (Å²) in [5.41, 5.74) is 17.0. The normalized spacial score (nSPS) is 12.7. The van der Waals surface area contributed by atoms with Crippen LogP contribution in [-0.4, -0.2) is 9.97 Å². The third-order valence-electron chi connectivity index (χ3n) is 10.8. The van der Waals surface area contributed by atoms with Gasteiger partial charge >= 0.3 is 0 Å². The summed E-state index contributed by atoms with van der Waals surface area (Å²) in [5.74, 6) is 0. The number of rotatable bonds is 6. The molecule has 1 aliphatic rings. The number of fused-ring (bicyclic) bond motifs is 4. The lowest BCUT2D eigenvalue weighted by Crippen LogP contribution is -2.28. The standard InChI is InChI=1S/C51H34N2/c1-4-14-37(15-5-1)45-34-50(48-22-12-13-31-52-48)53-49-33-39(28-30-44(45)49)36-25-23-35(24-26-36)38-27-29-43-42-20-10-11-21-46(42)51(47(43)32-38,40-16-6-2-7-17-40)41-18-8-3-9-19-41/h1-34H. The minimum Gasteiger partial charge on any atom is -0.255 e. The fraction of sp³-hybridized carbons (Fsp3) is 0.0196. The lowest BCUT2D eigenvalue weighted by Gasteiger charge is -2.34. The van der Waals surface area contributed by atoms with Crippen molar-refractivity contribution in [2.24, 2.45) is 0 Å². The molecule has 0 saturated carbocycles. The van der Waals surface area contributed by atoms with Crippen LogP contribution in [0.3, 0.4) is 0 Å². The van der Waals surface area contributed by atoms with Gasteiger partial charge in [0.15, 0.2) is 0 Å². The van der Waals surface area contributed by atoms with E-state index in [4.69, 9.17) is 4.98 Å². The van der Waals surface area contributed by atoms with Crippen LogP contribution in [-0.2, 0) is 5.41 Å². The zero-order valence-corrected chi connectivity index (χ0v) is 29.0. The van der Waals surface area contributed by atoms with E-state index in [9.17, 15) is 0 Å². The molecule has 0 amide bonds. The first-order valence-corrected chi connectivity index (χ1v) is 18.2. The molecule has 2 aromatic heterocycles. The SMILES string of the molecule is c1ccc(-c2cc(-c3ccccn3)nc3cc(-c4ccc(-c5ccc6c(c5)C(c5ccccc5)(c5ccccc5)c5ccccc5-6)cc4)ccc23)cc1. The molecule has 0 aliphatic heterocycles. The maximum Gasteiger partial charge on any atom is 0.0900 e. The zero-order chi connectivity index (χ0) is 35.2. The smallest absolute Gasteiger partial charge is 0.0900 e. The summed E-state index contributed by atoms with van der Waals surface area (Å²) >= 11 is 0. The van der Waals surface area contributed by atoms with Crippen molar-refractivity contribution >= 4 is 10.9 Å². The Labute approximate surface area is 309 Å². The Morgan fingerprint density at radius 1 is 0.340 bits per heavy atom. The first-order chi connectivity index (χ1) is 26.3. The summed E-state index contributed by atoms with van der Waals surface area (Å²) < 4.78 is 0. The summed E-state index contributed by atoms with van der Waals surface area (Å²) in [5, 5.41) is 1.12. The van der Waals surface area contributed by atoms with Crippen LogP contribution in [0.25, 0.3) is 66.8 Å². The average molecular weight is 675 g/mol. The molecule has 0 unspecified atom stereocenters. The molecular formula is C51H34N2. The summed E-state index contributed by atoms with van der Waals surface area (Å²) in [7, 11) is 0. The van der Waals surface area contributed by atoms with E-state index in [1.54, 1.807) is 0 Å². The molecule has 0 bridgehead atoms. The fourth-order valence-electron chi connectivity index (χ4n) is 8.39.